The zero-order valence-corrected chi connectivity index (χ0v) is 14.3. The average Bonchev–Trinajstić information content (AvgIpc) is 3.23. The van der Waals surface area contributed by atoms with Crippen molar-refractivity contribution >= 4 is 11.8 Å². The fourth-order valence-electron chi connectivity index (χ4n) is 3.11. The van der Waals surface area contributed by atoms with Gasteiger partial charge < -0.3 is 15.2 Å². The Bertz CT molecular complexity index is 711. The minimum Gasteiger partial charge on any atom is -0.353 e. The van der Waals surface area contributed by atoms with E-state index < -0.39 is 0 Å². The highest BCUT2D eigenvalue weighted by Crippen LogP contribution is 2.10. The zero-order chi connectivity index (χ0) is 17.5. The summed E-state index contributed by atoms with van der Waals surface area (Å²) in [7, 11) is 0. The first-order valence-corrected chi connectivity index (χ1v) is 8.81. The Morgan fingerprint density at radius 1 is 1.32 bits per heavy atom. The molecule has 1 aliphatic rings. The summed E-state index contributed by atoms with van der Waals surface area (Å²) in [5.74, 6) is 0.842. The van der Waals surface area contributed by atoms with Crippen molar-refractivity contribution in [3.05, 3.63) is 54.1 Å². The molecule has 6 nitrogen and oxygen atoms in total. The van der Waals surface area contributed by atoms with Crippen molar-refractivity contribution in [2.75, 3.05) is 0 Å². The van der Waals surface area contributed by atoms with Crippen LogP contribution in [0.15, 0.2) is 42.7 Å². The van der Waals surface area contributed by atoms with Gasteiger partial charge in [0.2, 0.25) is 11.8 Å². The van der Waals surface area contributed by atoms with Crippen molar-refractivity contribution < 1.29 is 9.59 Å². The summed E-state index contributed by atoms with van der Waals surface area (Å²) >= 11 is 0. The molecular formula is C19H24N4O2. The van der Waals surface area contributed by atoms with Crippen LogP contribution in [0.2, 0.25) is 0 Å². The van der Waals surface area contributed by atoms with Gasteiger partial charge in [-0.25, -0.2) is 4.98 Å². The quantitative estimate of drug-likeness (QED) is 0.769. The number of hydrogen-bond acceptors (Lipinski definition) is 3. The average molecular weight is 340 g/mol. The maximum Gasteiger partial charge on any atom is 0.222 e. The first kappa shape index (κ1) is 17.2. The van der Waals surface area contributed by atoms with Gasteiger partial charge in [-0.2, -0.15) is 0 Å². The van der Waals surface area contributed by atoms with Crippen molar-refractivity contribution in [1.82, 2.24) is 20.2 Å². The molecule has 0 radical (unpaired) electrons. The third kappa shape index (κ3) is 5.17. The van der Waals surface area contributed by atoms with Gasteiger partial charge in [-0.1, -0.05) is 30.3 Å². The standard InChI is InChI=1S/C19H24N4O2/c24-18-9-8-16(22-18)13-19(25)21-14-17-20-10-12-23(17)11-4-7-15-5-2-1-3-6-15/h1-3,5-6,10,12,16H,4,7-9,11,13-14H2,(H,21,25)(H,22,24). The Labute approximate surface area is 147 Å². The van der Waals surface area contributed by atoms with Crippen molar-refractivity contribution in [3.8, 4) is 0 Å². The van der Waals surface area contributed by atoms with Crippen LogP contribution in [0.5, 0.6) is 0 Å². The number of amides is 2. The van der Waals surface area contributed by atoms with E-state index >= 15 is 0 Å². The molecule has 2 heterocycles. The molecule has 1 aliphatic heterocycles. The number of aromatic nitrogens is 2. The molecule has 6 heteroatoms. The Morgan fingerprint density at radius 3 is 2.92 bits per heavy atom. The van der Waals surface area contributed by atoms with Gasteiger partial charge in [0.1, 0.15) is 5.82 Å². The van der Waals surface area contributed by atoms with Gasteiger partial charge >= 0.3 is 0 Å². The molecule has 3 rings (SSSR count). The summed E-state index contributed by atoms with van der Waals surface area (Å²) in [5.41, 5.74) is 1.33. The number of imidazole rings is 1. The molecule has 1 atom stereocenters. The van der Waals surface area contributed by atoms with Crippen LogP contribution in [0.25, 0.3) is 0 Å². The number of nitrogens with one attached hydrogen (secondary N) is 2. The predicted octanol–water partition coefficient (Wildman–Crippen LogP) is 1.80. The summed E-state index contributed by atoms with van der Waals surface area (Å²) in [6.45, 7) is 1.29. The minimum atomic E-state index is -0.0500. The highest BCUT2D eigenvalue weighted by atomic mass is 16.2. The lowest BCUT2D eigenvalue weighted by Crippen LogP contribution is -2.33. The van der Waals surface area contributed by atoms with Crippen LogP contribution in [0.3, 0.4) is 0 Å². The molecule has 0 saturated carbocycles. The number of benzene rings is 1. The first-order chi connectivity index (χ1) is 12.2. The van der Waals surface area contributed by atoms with Crippen molar-refractivity contribution in [2.24, 2.45) is 0 Å². The van der Waals surface area contributed by atoms with E-state index in [0.717, 1.165) is 31.6 Å². The van der Waals surface area contributed by atoms with E-state index in [1.807, 2.05) is 12.3 Å². The molecule has 1 unspecified atom stereocenters. The zero-order valence-electron chi connectivity index (χ0n) is 14.3. The highest BCUT2D eigenvalue weighted by Gasteiger charge is 2.23. The number of carbonyl (C=O) groups excluding carboxylic acids is 2. The molecule has 25 heavy (non-hydrogen) atoms. The topological polar surface area (TPSA) is 76.0 Å². The van der Waals surface area contributed by atoms with E-state index in [2.05, 4.69) is 44.5 Å². The molecule has 1 saturated heterocycles. The normalized spacial score (nSPS) is 16.6. The first-order valence-electron chi connectivity index (χ1n) is 8.81. The van der Waals surface area contributed by atoms with E-state index in [4.69, 9.17) is 0 Å². The molecule has 2 aromatic rings. The molecule has 1 aromatic heterocycles. The van der Waals surface area contributed by atoms with Gasteiger partial charge in [0.15, 0.2) is 0 Å². The van der Waals surface area contributed by atoms with Gasteiger partial charge in [-0.05, 0) is 24.8 Å². The Hall–Kier alpha value is -2.63. The molecule has 1 aromatic carbocycles. The largest absolute Gasteiger partial charge is 0.353 e. The molecule has 1 fully saturated rings. The molecular weight excluding hydrogens is 316 g/mol. The second-order valence-corrected chi connectivity index (χ2v) is 6.41. The summed E-state index contributed by atoms with van der Waals surface area (Å²) in [6, 6.07) is 10.4. The van der Waals surface area contributed by atoms with Crippen LogP contribution in [0, 0.1) is 0 Å². The minimum absolute atomic E-state index is 0.0295. The Kier molecular flexibility index (Phi) is 5.82. The third-order valence-corrected chi connectivity index (χ3v) is 4.47. The summed E-state index contributed by atoms with van der Waals surface area (Å²) in [4.78, 5) is 27.5. The molecule has 2 N–H and O–H groups in total. The second-order valence-electron chi connectivity index (χ2n) is 6.41. The molecule has 2 amide bonds. The smallest absolute Gasteiger partial charge is 0.222 e. The number of hydrogen-bond donors (Lipinski definition) is 2. The van der Waals surface area contributed by atoms with Gasteiger partial charge in [0.05, 0.1) is 6.54 Å². The molecule has 0 spiro atoms. The summed E-state index contributed by atoms with van der Waals surface area (Å²) in [6.07, 6.45) is 7.34. The van der Waals surface area contributed by atoms with Gasteiger partial charge in [0, 0.05) is 37.8 Å². The second kappa shape index (κ2) is 8.46. The monoisotopic (exact) mass is 340 g/mol. The van der Waals surface area contributed by atoms with Crippen LogP contribution < -0.4 is 10.6 Å². The van der Waals surface area contributed by atoms with E-state index in [1.54, 1.807) is 6.20 Å². The van der Waals surface area contributed by atoms with Crippen LogP contribution in [0.1, 0.15) is 37.1 Å². The fraction of sp³-hybridized carbons (Fsp3) is 0.421. The van der Waals surface area contributed by atoms with Crippen LogP contribution >= 0.6 is 0 Å². The predicted molar refractivity (Wildman–Crippen MR) is 94.6 cm³/mol. The van der Waals surface area contributed by atoms with Crippen LogP contribution in [0.4, 0.5) is 0 Å². The maximum atomic E-state index is 12.0. The number of rotatable bonds is 8. The lowest BCUT2D eigenvalue weighted by Gasteiger charge is -2.11. The van der Waals surface area contributed by atoms with Gasteiger partial charge in [-0.15, -0.1) is 0 Å². The Balaban J connectivity index is 1.42. The van der Waals surface area contributed by atoms with Gasteiger partial charge in [0.25, 0.3) is 0 Å². The lowest BCUT2D eigenvalue weighted by atomic mass is 10.1. The summed E-state index contributed by atoms with van der Waals surface area (Å²) in [5, 5.41) is 5.71. The SMILES string of the molecule is O=C(CC1CCC(=O)N1)NCc1nccn1CCCc1ccccc1. The van der Waals surface area contributed by atoms with Crippen LogP contribution in [-0.4, -0.2) is 27.4 Å². The van der Waals surface area contributed by atoms with Crippen molar-refractivity contribution in [2.45, 2.75) is 51.2 Å². The fourth-order valence-corrected chi connectivity index (χ4v) is 3.11. The van der Waals surface area contributed by atoms with E-state index in [0.29, 0.717) is 19.4 Å². The molecule has 0 aliphatic carbocycles. The van der Waals surface area contributed by atoms with Crippen molar-refractivity contribution in [1.29, 1.82) is 0 Å². The van der Waals surface area contributed by atoms with E-state index in [9.17, 15) is 9.59 Å². The summed E-state index contributed by atoms with van der Waals surface area (Å²) < 4.78 is 2.08. The number of aryl methyl sites for hydroxylation is 2. The van der Waals surface area contributed by atoms with Crippen molar-refractivity contribution in [3.63, 3.8) is 0 Å². The molecule has 132 valence electrons. The Morgan fingerprint density at radius 2 is 2.16 bits per heavy atom. The van der Waals surface area contributed by atoms with Gasteiger partial charge in [-0.3, -0.25) is 9.59 Å². The van der Waals surface area contributed by atoms with E-state index in [-0.39, 0.29) is 17.9 Å². The van der Waals surface area contributed by atoms with E-state index in [1.165, 1.54) is 5.56 Å². The number of carbonyl (C=O) groups is 2. The maximum absolute atomic E-state index is 12.0. The van der Waals surface area contributed by atoms with Crippen LogP contribution in [-0.2, 0) is 29.1 Å². The lowest BCUT2D eigenvalue weighted by molar-refractivity contribution is -0.122. The number of nitrogens with zero attached hydrogens (tertiary/aromatic N) is 2. The third-order valence-electron chi connectivity index (χ3n) is 4.47. The molecule has 0 bridgehead atoms. The highest BCUT2D eigenvalue weighted by molar-refractivity contribution is 5.81.